The van der Waals surface area contributed by atoms with Crippen molar-refractivity contribution in [3.63, 3.8) is 0 Å². The van der Waals surface area contributed by atoms with Gasteiger partial charge in [0.25, 0.3) is 0 Å². The van der Waals surface area contributed by atoms with E-state index in [1.807, 2.05) is 24.4 Å². The number of hydrazine groups is 1. The number of benzene rings is 1. The lowest BCUT2D eigenvalue weighted by molar-refractivity contribution is 0.406. The summed E-state index contributed by atoms with van der Waals surface area (Å²) in [4.78, 5) is 5.19. The number of halogens is 1. The van der Waals surface area contributed by atoms with Crippen molar-refractivity contribution in [2.24, 2.45) is 5.84 Å². The molecule has 1 aromatic carbocycles. The summed E-state index contributed by atoms with van der Waals surface area (Å²) in [6, 6.07) is 5.99. The minimum atomic E-state index is 0.0423. The lowest BCUT2D eigenvalue weighted by atomic mass is 10.0. The second-order valence-corrected chi connectivity index (χ2v) is 5.62. The number of aromatic nitrogens is 1. The first-order valence-electron chi connectivity index (χ1n) is 5.41. The molecule has 0 aliphatic carbocycles. The predicted molar refractivity (Wildman–Crippen MR) is 76.6 cm³/mol. The smallest absolute Gasteiger partial charge is 0.122 e. The predicted octanol–water partition coefficient (Wildman–Crippen LogP) is 2.66. The van der Waals surface area contributed by atoms with Crippen LogP contribution in [-0.2, 0) is 6.42 Å². The zero-order valence-electron chi connectivity index (χ0n) is 9.89. The van der Waals surface area contributed by atoms with Gasteiger partial charge in [-0.05, 0) is 30.2 Å². The van der Waals surface area contributed by atoms with E-state index in [1.165, 1.54) is 0 Å². The number of rotatable bonds is 5. The normalized spacial score (nSPS) is 12.4. The molecule has 1 heterocycles. The van der Waals surface area contributed by atoms with Crippen LogP contribution in [0, 0.1) is 0 Å². The van der Waals surface area contributed by atoms with E-state index in [0.29, 0.717) is 0 Å². The molecule has 18 heavy (non-hydrogen) atoms. The number of thiazole rings is 1. The molecule has 96 valence electrons. The Morgan fingerprint density at radius 1 is 1.56 bits per heavy atom. The monoisotopic (exact) mass is 327 g/mol. The van der Waals surface area contributed by atoms with Crippen LogP contribution in [0.25, 0.3) is 0 Å². The molecule has 6 heteroatoms. The Hall–Kier alpha value is -0.950. The van der Waals surface area contributed by atoms with Crippen molar-refractivity contribution < 1.29 is 4.74 Å². The van der Waals surface area contributed by atoms with Crippen LogP contribution in [0.3, 0.4) is 0 Å². The molecule has 3 N–H and O–H groups in total. The molecule has 0 amide bonds. The average molecular weight is 328 g/mol. The number of hydrogen-bond acceptors (Lipinski definition) is 5. The van der Waals surface area contributed by atoms with Crippen molar-refractivity contribution in [3.8, 4) is 5.75 Å². The molecule has 1 unspecified atom stereocenters. The fourth-order valence-electron chi connectivity index (χ4n) is 1.77. The number of nitrogens with two attached hydrogens (primary N) is 1. The van der Waals surface area contributed by atoms with Gasteiger partial charge in [0.05, 0.1) is 18.7 Å². The molecule has 0 spiro atoms. The van der Waals surface area contributed by atoms with Crippen molar-refractivity contribution in [3.05, 3.63) is 44.8 Å². The molecule has 0 bridgehead atoms. The van der Waals surface area contributed by atoms with Gasteiger partial charge in [-0.25, -0.2) is 0 Å². The number of nitrogens with zero attached hydrogens (tertiary/aromatic N) is 1. The van der Waals surface area contributed by atoms with Crippen LogP contribution in [0.4, 0.5) is 0 Å². The lowest BCUT2D eigenvalue weighted by Crippen LogP contribution is -2.29. The van der Waals surface area contributed by atoms with Gasteiger partial charge in [-0.2, -0.15) is 0 Å². The number of methoxy groups -OCH3 is 1. The summed E-state index contributed by atoms with van der Waals surface area (Å²) < 4.78 is 6.39. The Morgan fingerprint density at radius 2 is 2.39 bits per heavy atom. The van der Waals surface area contributed by atoms with Gasteiger partial charge in [-0.1, -0.05) is 15.9 Å². The van der Waals surface area contributed by atoms with E-state index in [1.54, 1.807) is 24.0 Å². The SMILES string of the molecule is COc1ccc(Br)cc1CC(NN)c1cncs1. The highest BCUT2D eigenvalue weighted by atomic mass is 79.9. The Bertz CT molecular complexity index is 504. The highest BCUT2D eigenvalue weighted by Crippen LogP contribution is 2.28. The largest absolute Gasteiger partial charge is 0.496 e. The first-order chi connectivity index (χ1) is 8.74. The number of ether oxygens (including phenoxy) is 1. The summed E-state index contributed by atoms with van der Waals surface area (Å²) in [5.74, 6) is 6.48. The third kappa shape index (κ3) is 3.08. The molecule has 0 aliphatic rings. The maximum atomic E-state index is 5.62. The molecular formula is C12H14BrN3OS. The van der Waals surface area contributed by atoms with Gasteiger partial charge in [0.1, 0.15) is 5.75 Å². The lowest BCUT2D eigenvalue weighted by Gasteiger charge is -2.16. The highest BCUT2D eigenvalue weighted by Gasteiger charge is 2.15. The van der Waals surface area contributed by atoms with Crippen LogP contribution in [-0.4, -0.2) is 12.1 Å². The zero-order chi connectivity index (χ0) is 13.0. The summed E-state index contributed by atoms with van der Waals surface area (Å²) in [6.45, 7) is 0. The topological polar surface area (TPSA) is 60.2 Å². The molecule has 1 aromatic heterocycles. The van der Waals surface area contributed by atoms with Crippen LogP contribution in [0.2, 0.25) is 0 Å². The van der Waals surface area contributed by atoms with Crippen LogP contribution in [0.15, 0.2) is 34.4 Å². The molecule has 0 saturated heterocycles. The third-order valence-electron chi connectivity index (χ3n) is 2.66. The van der Waals surface area contributed by atoms with Crippen molar-refractivity contribution >= 4 is 27.3 Å². The van der Waals surface area contributed by atoms with Crippen molar-refractivity contribution in [1.29, 1.82) is 0 Å². The molecule has 0 fully saturated rings. The van der Waals surface area contributed by atoms with Crippen LogP contribution in [0.5, 0.6) is 5.75 Å². The number of hydrogen-bond donors (Lipinski definition) is 2. The molecule has 0 aliphatic heterocycles. The summed E-state index contributed by atoms with van der Waals surface area (Å²) in [5, 5.41) is 0. The van der Waals surface area contributed by atoms with E-state index in [9.17, 15) is 0 Å². The first-order valence-corrected chi connectivity index (χ1v) is 7.08. The first kappa shape index (κ1) is 13.5. The summed E-state index contributed by atoms with van der Waals surface area (Å²) in [7, 11) is 1.67. The van der Waals surface area contributed by atoms with Crippen LogP contribution >= 0.6 is 27.3 Å². The maximum absolute atomic E-state index is 5.62. The van der Waals surface area contributed by atoms with Crippen LogP contribution < -0.4 is 16.0 Å². The summed E-state index contributed by atoms with van der Waals surface area (Å²) in [6.07, 6.45) is 2.58. The van der Waals surface area contributed by atoms with E-state index in [4.69, 9.17) is 10.6 Å². The molecule has 0 saturated carbocycles. The third-order valence-corrected chi connectivity index (χ3v) is 4.05. The summed E-state index contributed by atoms with van der Waals surface area (Å²) in [5.41, 5.74) is 5.73. The van der Waals surface area contributed by atoms with Gasteiger partial charge in [-0.3, -0.25) is 16.3 Å². The van der Waals surface area contributed by atoms with E-state index >= 15 is 0 Å². The Balaban J connectivity index is 2.24. The minimum Gasteiger partial charge on any atom is -0.496 e. The van der Waals surface area contributed by atoms with Crippen LogP contribution in [0.1, 0.15) is 16.5 Å². The Kier molecular flexibility index (Phi) is 4.71. The molecule has 1 atom stereocenters. The quantitative estimate of drug-likeness (QED) is 0.654. The molecular weight excluding hydrogens is 314 g/mol. The van der Waals surface area contributed by atoms with E-state index < -0.39 is 0 Å². The molecule has 0 radical (unpaired) electrons. The maximum Gasteiger partial charge on any atom is 0.122 e. The van der Waals surface area contributed by atoms with Gasteiger partial charge < -0.3 is 4.74 Å². The fourth-order valence-corrected chi connectivity index (χ4v) is 2.86. The second kappa shape index (κ2) is 6.29. The molecule has 2 aromatic rings. The Labute approximate surface area is 118 Å². The number of nitrogens with one attached hydrogen (secondary N) is 1. The zero-order valence-corrected chi connectivity index (χ0v) is 12.3. The Morgan fingerprint density at radius 3 is 3.00 bits per heavy atom. The van der Waals surface area contributed by atoms with E-state index in [-0.39, 0.29) is 6.04 Å². The van der Waals surface area contributed by atoms with Gasteiger partial charge >= 0.3 is 0 Å². The van der Waals surface area contributed by atoms with E-state index in [0.717, 1.165) is 27.1 Å². The average Bonchev–Trinajstić information content (AvgIpc) is 2.90. The summed E-state index contributed by atoms with van der Waals surface area (Å²) >= 11 is 5.06. The molecule has 4 nitrogen and oxygen atoms in total. The van der Waals surface area contributed by atoms with Gasteiger partial charge in [0.2, 0.25) is 0 Å². The molecule has 2 rings (SSSR count). The van der Waals surface area contributed by atoms with Crippen molar-refractivity contribution in [1.82, 2.24) is 10.4 Å². The van der Waals surface area contributed by atoms with E-state index in [2.05, 4.69) is 26.3 Å². The van der Waals surface area contributed by atoms with Gasteiger partial charge in [-0.15, -0.1) is 11.3 Å². The fraction of sp³-hybridized carbons (Fsp3) is 0.250. The standard InChI is InChI=1S/C12H14BrN3OS/c1-17-11-3-2-9(13)4-8(11)5-10(16-14)12-6-15-7-18-12/h2-4,6-7,10,16H,5,14H2,1H3. The van der Waals surface area contributed by atoms with Crippen molar-refractivity contribution in [2.45, 2.75) is 12.5 Å². The van der Waals surface area contributed by atoms with Crippen molar-refractivity contribution in [2.75, 3.05) is 7.11 Å². The minimum absolute atomic E-state index is 0.0423. The van der Waals surface area contributed by atoms with Gasteiger partial charge in [0, 0.05) is 15.5 Å². The van der Waals surface area contributed by atoms with Gasteiger partial charge in [0.15, 0.2) is 0 Å². The highest BCUT2D eigenvalue weighted by molar-refractivity contribution is 9.10. The second-order valence-electron chi connectivity index (χ2n) is 3.78.